The molecule has 2 aromatic rings. The zero-order valence-corrected chi connectivity index (χ0v) is 12.2. The van der Waals surface area contributed by atoms with E-state index in [0.717, 1.165) is 12.1 Å². The molecule has 0 saturated heterocycles. The SMILES string of the molecule is CC(=O)C(=O)c1ccc(OCc2cccc(C(F)(F)F)c2)cc1. The molecular formula is C17H13F3O3. The van der Waals surface area contributed by atoms with E-state index in [2.05, 4.69) is 0 Å². The molecule has 23 heavy (non-hydrogen) atoms. The molecule has 0 aliphatic heterocycles. The average molecular weight is 322 g/mol. The number of ketones is 2. The van der Waals surface area contributed by atoms with Crippen molar-refractivity contribution in [3.8, 4) is 5.75 Å². The number of ether oxygens (including phenoxy) is 1. The molecule has 0 aromatic heterocycles. The standard InChI is InChI=1S/C17H13F3O3/c1-11(21)16(22)13-5-7-15(8-6-13)23-10-12-3-2-4-14(9-12)17(18,19)20/h2-9H,10H2,1H3. The largest absolute Gasteiger partial charge is 0.489 e. The topological polar surface area (TPSA) is 43.4 Å². The number of carbonyl (C=O) groups is 2. The van der Waals surface area contributed by atoms with E-state index in [1.165, 1.54) is 43.3 Å². The highest BCUT2D eigenvalue weighted by molar-refractivity contribution is 6.42. The van der Waals surface area contributed by atoms with Gasteiger partial charge in [0, 0.05) is 12.5 Å². The van der Waals surface area contributed by atoms with Crippen molar-refractivity contribution >= 4 is 11.6 Å². The minimum absolute atomic E-state index is 0.0378. The molecule has 0 aliphatic carbocycles. The van der Waals surface area contributed by atoms with Gasteiger partial charge in [0.15, 0.2) is 5.78 Å². The molecule has 0 amide bonds. The first kappa shape index (κ1) is 16.7. The fraction of sp³-hybridized carbons (Fsp3) is 0.176. The highest BCUT2D eigenvalue weighted by Crippen LogP contribution is 2.29. The number of carbonyl (C=O) groups excluding carboxylic acids is 2. The Morgan fingerprint density at radius 1 is 1.04 bits per heavy atom. The monoisotopic (exact) mass is 322 g/mol. The summed E-state index contributed by atoms with van der Waals surface area (Å²) in [7, 11) is 0. The van der Waals surface area contributed by atoms with Crippen molar-refractivity contribution in [3.05, 3.63) is 65.2 Å². The zero-order chi connectivity index (χ0) is 17.0. The molecular weight excluding hydrogens is 309 g/mol. The first-order chi connectivity index (χ1) is 10.8. The molecule has 0 bridgehead atoms. The number of benzene rings is 2. The Kier molecular flexibility index (Phi) is 4.83. The lowest BCUT2D eigenvalue weighted by atomic mass is 10.1. The number of hydrogen-bond acceptors (Lipinski definition) is 3. The predicted molar refractivity (Wildman–Crippen MR) is 77.2 cm³/mol. The van der Waals surface area contributed by atoms with Crippen LogP contribution in [0.15, 0.2) is 48.5 Å². The summed E-state index contributed by atoms with van der Waals surface area (Å²) in [5.41, 5.74) is -0.117. The van der Waals surface area contributed by atoms with Crippen molar-refractivity contribution in [3.63, 3.8) is 0 Å². The van der Waals surface area contributed by atoms with Crippen LogP contribution in [0, 0.1) is 0 Å². The highest BCUT2D eigenvalue weighted by atomic mass is 19.4. The molecule has 0 unspecified atom stereocenters. The lowest BCUT2D eigenvalue weighted by Crippen LogP contribution is -2.09. The molecule has 0 fully saturated rings. The van der Waals surface area contributed by atoms with Gasteiger partial charge in [0.05, 0.1) is 5.56 Å². The maximum absolute atomic E-state index is 12.6. The van der Waals surface area contributed by atoms with Crippen LogP contribution in [0.4, 0.5) is 13.2 Å². The summed E-state index contributed by atoms with van der Waals surface area (Å²) >= 11 is 0. The van der Waals surface area contributed by atoms with Crippen LogP contribution in [0.1, 0.15) is 28.4 Å². The van der Waals surface area contributed by atoms with Crippen molar-refractivity contribution in [2.45, 2.75) is 19.7 Å². The second-order valence-electron chi connectivity index (χ2n) is 4.90. The van der Waals surface area contributed by atoms with Crippen molar-refractivity contribution in [2.75, 3.05) is 0 Å². The van der Waals surface area contributed by atoms with Crippen molar-refractivity contribution < 1.29 is 27.5 Å². The third-order valence-electron chi connectivity index (χ3n) is 3.10. The lowest BCUT2D eigenvalue weighted by molar-refractivity contribution is -0.137. The summed E-state index contributed by atoms with van der Waals surface area (Å²) in [5.74, 6) is -0.778. The van der Waals surface area contributed by atoms with Gasteiger partial charge in [0.25, 0.3) is 0 Å². The number of alkyl halides is 3. The smallest absolute Gasteiger partial charge is 0.416 e. The van der Waals surface area contributed by atoms with Gasteiger partial charge in [-0.25, -0.2) is 0 Å². The third kappa shape index (κ3) is 4.42. The normalized spacial score (nSPS) is 11.1. The van der Waals surface area contributed by atoms with Crippen molar-refractivity contribution in [1.82, 2.24) is 0 Å². The first-order valence-electron chi connectivity index (χ1n) is 6.71. The summed E-state index contributed by atoms with van der Waals surface area (Å²) in [6.07, 6.45) is -4.40. The molecule has 0 saturated carbocycles. The summed E-state index contributed by atoms with van der Waals surface area (Å²) in [6.45, 7) is 1.14. The van der Waals surface area contributed by atoms with Crippen LogP contribution in [-0.2, 0) is 17.6 Å². The molecule has 0 heterocycles. The molecule has 3 nitrogen and oxygen atoms in total. The van der Waals surface area contributed by atoms with Crippen LogP contribution in [0.25, 0.3) is 0 Å². The van der Waals surface area contributed by atoms with E-state index in [9.17, 15) is 22.8 Å². The van der Waals surface area contributed by atoms with Crippen molar-refractivity contribution in [1.29, 1.82) is 0 Å². The molecule has 0 N–H and O–H groups in total. The average Bonchev–Trinajstić information content (AvgIpc) is 2.52. The van der Waals surface area contributed by atoms with Crippen LogP contribution < -0.4 is 4.74 Å². The van der Waals surface area contributed by atoms with Gasteiger partial charge in [-0.05, 0) is 42.0 Å². The molecule has 120 valence electrons. The maximum Gasteiger partial charge on any atom is 0.416 e. The summed E-state index contributed by atoms with van der Waals surface area (Å²) in [5, 5.41) is 0. The predicted octanol–water partition coefficient (Wildman–Crippen LogP) is 4.06. The Bertz CT molecular complexity index is 719. The minimum Gasteiger partial charge on any atom is -0.489 e. The van der Waals surface area contributed by atoms with E-state index in [1.807, 2.05) is 0 Å². The van der Waals surface area contributed by atoms with Gasteiger partial charge in [-0.2, -0.15) is 13.2 Å². The quantitative estimate of drug-likeness (QED) is 0.616. The van der Waals surface area contributed by atoms with Gasteiger partial charge in [0.1, 0.15) is 12.4 Å². The fourth-order valence-electron chi connectivity index (χ4n) is 1.91. The van der Waals surface area contributed by atoms with Gasteiger partial charge in [-0.1, -0.05) is 12.1 Å². The van der Waals surface area contributed by atoms with Gasteiger partial charge in [-0.15, -0.1) is 0 Å². The molecule has 2 aromatic carbocycles. The molecule has 2 rings (SSSR count). The van der Waals surface area contributed by atoms with Gasteiger partial charge < -0.3 is 4.74 Å². The van der Waals surface area contributed by atoms with Crippen LogP contribution >= 0.6 is 0 Å². The number of hydrogen-bond donors (Lipinski definition) is 0. The molecule has 6 heteroatoms. The van der Waals surface area contributed by atoms with E-state index in [-0.39, 0.29) is 12.2 Å². The third-order valence-corrected chi connectivity index (χ3v) is 3.10. The van der Waals surface area contributed by atoms with Crippen LogP contribution in [0.3, 0.4) is 0 Å². The van der Waals surface area contributed by atoms with Gasteiger partial charge >= 0.3 is 6.18 Å². The zero-order valence-electron chi connectivity index (χ0n) is 12.2. The highest BCUT2D eigenvalue weighted by Gasteiger charge is 2.30. The lowest BCUT2D eigenvalue weighted by Gasteiger charge is -2.10. The Morgan fingerprint density at radius 3 is 2.26 bits per heavy atom. The van der Waals surface area contributed by atoms with Crippen LogP contribution in [0.5, 0.6) is 5.75 Å². The Labute approximate surface area is 130 Å². The summed E-state index contributed by atoms with van der Waals surface area (Å²) < 4.78 is 43.2. The summed E-state index contributed by atoms with van der Waals surface area (Å²) in [4.78, 5) is 22.4. The number of rotatable bonds is 5. The van der Waals surface area contributed by atoms with E-state index in [1.54, 1.807) is 0 Å². The molecule has 0 radical (unpaired) electrons. The van der Waals surface area contributed by atoms with Gasteiger partial charge in [-0.3, -0.25) is 9.59 Å². The van der Waals surface area contributed by atoms with E-state index in [4.69, 9.17) is 4.74 Å². The van der Waals surface area contributed by atoms with Gasteiger partial charge in [0.2, 0.25) is 5.78 Å². The summed E-state index contributed by atoms with van der Waals surface area (Å²) in [6, 6.07) is 10.7. The Hall–Kier alpha value is -2.63. The van der Waals surface area contributed by atoms with Crippen LogP contribution in [-0.4, -0.2) is 11.6 Å². The minimum atomic E-state index is -4.40. The first-order valence-corrected chi connectivity index (χ1v) is 6.71. The maximum atomic E-state index is 12.6. The number of Topliss-reactive ketones (excluding diaryl/α,β-unsaturated/α-hetero) is 2. The Morgan fingerprint density at radius 2 is 1.70 bits per heavy atom. The number of halogens is 3. The second kappa shape index (κ2) is 6.64. The Balaban J connectivity index is 2.04. The molecule has 0 atom stereocenters. The van der Waals surface area contributed by atoms with E-state index in [0.29, 0.717) is 11.3 Å². The van der Waals surface area contributed by atoms with Crippen molar-refractivity contribution in [2.24, 2.45) is 0 Å². The van der Waals surface area contributed by atoms with Crippen LogP contribution in [0.2, 0.25) is 0 Å². The van der Waals surface area contributed by atoms with E-state index >= 15 is 0 Å². The second-order valence-corrected chi connectivity index (χ2v) is 4.90. The molecule has 0 aliphatic rings. The fourth-order valence-corrected chi connectivity index (χ4v) is 1.91. The van der Waals surface area contributed by atoms with E-state index < -0.39 is 23.3 Å². The molecule has 0 spiro atoms.